The van der Waals surface area contributed by atoms with Crippen LogP contribution in [-0.2, 0) is 0 Å². The highest BCUT2D eigenvalue weighted by molar-refractivity contribution is 6.08. The van der Waals surface area contributed by atoms with E-state index in [2.05, 4.69) is 0 Å². The van der Waals surface area contributed by atoms with Crippen LogP contribution in [0.3, 0.4) is 0 Å². The van der Waals surface area contributed by atoms with Crippen LogP contribution in [0.5, 0.6) is 0 Å². The van der Waals surface area contributed by atoms with Gasteiger partial charge in [-0.1, -0.05) is 17.7 Å². The molecule has 0 amide bonds. The third-order valence-corrected chi connectivity index (χ3v) is 6.94. The highest BCUT2D eigenvalue weighted by atomic mass is 16.1. The van der Waals surface area contributed by atoms with E-state index in [1.807, 2.05) is 34.6 Å². The van der Waals surface area contributed by atoms with Gasteiger partial charge < -0.3 is 0 Å². The second-order valence-corrected chi connectivity index (χ2v) is 8.56. The van der Waals surface area contributed by atoms with E-state index in [0.29, 0.717) is 21.5 Å². The van der Waals surface area contributed by atoms with Crippen molar-refractivity contribution in [3.8, 4) is 0 Å². The first-order valence-corrected chi connectivity index (χ1v) is 10.2. The summed E-state index contributed by atoms with van der Waals surface area (Å²) in [5, 5.41) is 2.24. The van der Waals surface area contributed by atoms with Gasteiger partial charge in [0.1, 0.15) is 0 Å². The first-order valence-electron chi connectivity index (χ1n) is 10.2. The van der Waals surface area contributed by atoms with E-state index in [1.54, 1.807) is 18.2 Å². The Kier molecular flexibility index (Phi) is 3.85. The fraction of sp³-hybridized carbons (Fsp3) is 0.185. The zero-order valence-electron chi connectivity index (χ0n) is 18.0. The number of hydrogen-bond donors (Lipinski definition) is 0. The average molecular weight is 408 g/mol. The predicted molar refractivity (Wildman–Crippen MR) is 128 cm³/mol. The lowest BCUT2D eigenvalue weighted by Crippen LogP contribution is -2.19. The van der Waals surface area contributed by atoms with Crippen LogP contribution in [-0.4, -0.2) is 0 Å². The molecule has 0 fully saturated rings. The minimum absolute atomic E-state index is 0.183. The Labute approximate surface area is 177 Å². The van der Waals surface area contributed by atoms with Gasteiger partial charge in [-0.2, -0.15) is 0 Å². The van der Waals surface area contributed by atoms with Crippen LogP contribution in [0.4, 0.5) is 0 Å². The Bertz CT molecular complexity index is 1850. The van der Waals surface area contributed by atoms with Crippen LogP contribution in [0.1, 0.15) is 27.8 Å². The molecule has 0 saturated heterocycles. The van der Waals surface area contributed by atoms with Crippen LogP contribution in [0.15, 0.2) is 49.5 Å². The van der Waals surface area contributed by atoms with E-state index in [4.69, 9.17) is 0 Å². The third kappa shape index (κ3) is 2.36. The SMILES string of the molecule is Cc1ccc2c(=O)c3cc4c(=O)c5c(C)c(C)c(C)c(C)c5c(=O)c4cc3c(=O)c2c1. The largest absolute Gasteiger partial charge is 0.289 e. The van der Waals surface area contributed by atoms with Gasteiger partial charge in [0.25, 0.3) is 0 Å². The maximum atomic E-state index is 13.5. The van der Waals surface area contributed by atoms with E-state index in [0.717, 1.165) is 27.8 Å². The molecule has 0 atom stereocenters. The van der Waals surface area contributed by atoms with Crippen molar-refractivity contribution < 1.29 is 0 Å². The zero-order chi connectivity index (χ0) is 22.4. The van der Waals surface area contributed by atoms with Gasteiger partial charge in [0.2, 0.25) is 0 Å². The van der Waals surface area contributed by atoms with Crippen molar-refractivity contribution in [1.29, 1.82) is 0 Å². The van der Waals surface area contributed by atoms with Crippen molar-refractivity contribution >= 4 is 43.1 Å². The summed E-state index contributed by atoms with van der Waals surface area (Å²) in [6.07, 6.45) is 0. The molecule has 0 radical (unpaired) electrons. The standard InChI is InChI=1S/C27H20O4/c1-11-6-7-16-17(8-11)25(29)19-10-21-20(9-18(19)24(16)28)26(30)22-14(4)12(2)13(3)15(5)23(22)27(21)31/h6-10H,1-5H3. The first-order chi connectivity index (χ1) is 14.6. The fourth-order valence-electron chi connectivity index (χ4n) is 4.83. The molecule has 0 bridgehead atoms. The summed E-state index contributed by atoms with van der Waals surface area (Å²) in [6, 6.07) is 8.02. The van der Waals surface area contributed by atoms with Crippen LogP contribution in [0.25, 0.3) is 43.1 Å². The Balaban J connectivity index is 2.14. The minimum Gasteiger partial charge on any atom is -0.289 e. The van der Waals surface area contributed by atoms with Crippen LogP contribution < -0.4 is 21.7 Å². The van der Waals surface area contributed by atoms with Gasteiger partial charge in [-0.05, 0) is 75.1 Å². The van der Waals surface area contributed by atoms with Gasteiger partial charge >= 0.3 is 0 Å². The molecule has 0 aliphatic carbocycles. The quantitative estimate of drug-likeness (QED) is 0.361. The van der Waals surface area contributed by atoms with E-state index in [9.17, 15) is 19.2 Å². The third-order valence-electron chi connectivity index (χ3n) is 6.94. The van der Waals surface area contributed by atoms with Gasteiger partial charge in [-0.3, -0.25) is 19.2 Å². The number of benzene rings is 5. The predicted octanol–water partition coefficient (Wildman–Crippen LogP) is 4.16. The van der Waals surface area contributed by atoms with Gasteiger partial charge in [0.05, 0.1) is 0 Å². The van der Waals surface area contributed by atoms with Crippen molar-refractivity contribution in [3.63, 3.8) is 0 Å². The van der Waals surface area contributed by atoms with Crippen molar-refractivity contribution in [2.45, 2.75) is 34.6 Å². The summed E-state index contributed by atoms with van der Waals surface area (Å²) in [6.45, 7) is 9.44. The van der Waals surface area contributed by atoms with E-state index in [-0.39, 0.29) is 43.3 Å². The second kappa shape index (κ2) is 6.17. The summed E-state index contributed by atoms with van der Waals surface area (Å²) in [5.74, 6) is 0. The zero-order valence-corrected chi connectivity index (χ0v) is 18.0. The molecule has 0 heterocycles. The van der Waals surface area contributed by atoms with Crippen molar-refractivity contribution in [3.05, 3.63) is 99.0 Å². The van der Waals surface area contributed by atoms with E-state index in [1.165, 1.54) is 12.1 Å². The Morgan fingerprint density at radius 3 is 1.29 bits per heavy atom. The van der Waals surface area contributed by atoms with Gasteiger partial charge in [-0.25, -0.2) is 0 Å². The smallest absolute Gasteiger partial charge is 0.194 e. The van der Waals surface area contributed by atoms with Crippen LogP contribution in [0.2, 0.25) is 0 Å². The molecular weight excluding hydrogens is 388 g/mol. The number of rotatable bonds is 0. The molecule has 4 nitrogen and oxygen atoms in total. The highest BCUT2D eigenvalue weighted by Gasteiger charge is 2.20. The molecule has 31 heavy (non-hydrogen) atoms. The lowest BCUT2D eigenvalue weighted by atomic mass is 9.88. The summed E-state index contributed by atoms with van der Waals surface area (Å²) in [7, 11) is 0. The van der Waals surface area contributed by atoms with Crippen LogP contribution in [0, 0.1) is 34.6 Å². The normalized spacial score (nSPS) is 11.9. The molecule has 0 saturated carbocycles. The van der Waals surface area contributed by atoms with Gasteiger partial charge in [0.15, 0.2) is 21.7 Å². The molecule has 5 rings (SSSR count). The van der Waals surface area contributed by atoms with E-state index >= 15 is 0 Å². The maximum Gasteiger partial charge on any atom is 0.194 e. The molecule has 0 spiro atoms. The molecular formula is C27H20O4. The lowest BCUT2D eigenvalue weighted by molar-refractivity contribution is 1.25. The summed E-state index contributed by atoms with van der Waals surface area (Å²) in [4.78, 5) is 53.4. The molecule has 152 valence electrons. The minimum atomic E-state index is -0.300. The summed E-state index contributed by atoms with van der Waals surface area (Å²) >= 11 is 0. The van der Waals surface area contributed by atoms with Gasteiger partial charge in [-0.15, -0.1) is 0 Å². The molecule has 5 aromatic rings. The van der Waals surface area contributed by atoms with Crippen molar-refractivity contribution in [2.75, 3.05) is 0 Å². The summed E-state index contributed by atoms with van der Waals surface area (Å²) < 4.78 is 0. The van der Waals surface area contributed by atoms with Gasteiger partial charge in [0, 0.05) is 43.1 Å². The molecule has 0 aliphatic rings. The van der Waals surface area contributed by atoms with Crippen LogP contribution >= 0.6 is 0 Å². The average Bonchev–Trinajstić information content (AvgIpc) is 2.75. The molecule has 0 aromatic heterocycles. The molecule has 5 aromatic carbocycles. The second-order valence-electron chi connectivity index (χ2n) is 8.56. The maximum absolute atomic E-state index is 13.5. The molecule has 0 unspecified atom stereocenters. The van der Waals surface area contributed by atoms with Crippen molar-refractivity contribution in [1.82, 2.24) is 0 Å². The number of fused-ring (bicyclic) bond motifs is 4. The highest BCUT2D eigenvalue weighted by Crippen LogP contribution is 2.28. The Morgan fingerprint density at radius 2 is 0.806 bits per heavy atom. The first kappa shape index (κ1) is 19.3. The molecule has 0 N–H and O–H groups in total. The van der Waals surface area contributed by atoms with E-state index < -0.39 is 0 Å². The lowest BCUT2D eigenvalue weighted by Gasteiger charge is -2.14. The number of hydrogen-bond acceptors (Lipinski definition) is 4. The van der Waals surface area contributed by atoms with Crippen molar-refractivity contribution in [2.24, 2.45) is 0 Å². The number of aryl methyl sites for hydroxylation is 3. The topological polar surface area (TPSA) is 68.3 Å². The monoisotopic (exact) mass is 408 g/mol. The molecule has 0 aliphatic heterocycles. The fourth-order valence-corrected chi connectivity index (χ4v) is 4.83. The molecule has 4 heteroatoms. The Morgan fingerprint density at radius 1 is 0.419 bits per heavy atom. The summed E-state index contributed by atoms with van der Waals surface area (Å²) in [5.41, 5.74) is 3.26. The Hall–Kier alpha value is -3.66.